The summed E-state index contributed by atoms with van der Waals surface area (Å²) in [5, 5.41) is 0. The van der Waals surface area contributed by atoms with Gasteiger partial charge >= 0.3 is 0 Å². The fourth-order valence-corrected chi connectivity index (χ4v) is 2.37. The van der Waals surface area contributed by atoms with Crippen molar-refractivity contribution in [3.63, 3.8) is 0 Å². The second-order valence-electron chi connectivity index (χ2n) is 4.39. The Balaban J connectivity index is 2.02. The molecule has 2 N–H and O–H groups in total. The molecule has 4 heteroatoms. The second-order valence-corrected chi connectivity index (χ2v) is 4.39. The van der Waals surface area contributed by atoms with E-state index in [9.17, 15) is 0 Å². The zero-order valence-electron chi connectivity index (χ0n) is 9.72. The average Bonchev–Trinajstić information content (AvgIpc) is 2.30. The Labute approximate surface area is 96.2 Å². The van der Waals surface area contributed by atoms with Crippen LogP contribution >= 0.6 is 0 Å². The summed E-state index contributed by atoms with van der Waals surface area (Å²) in [4.78, 5) is 7.95. The van der Waals surface area contributed by atoms with E-state index in [0.717, 1.165) is 6.42 Å². The van der Waals surface area contributed by atoms with E-state index < -0.39 is 0 Å². The van der Waals surface area contributed by atoms with Gasteiger partial charge in [0, 0.05) is 6.07 Å². The third-order valence-corrected chi connectivity index (χ3v) is 3.30. The molecule has 1 aliphatic rings. The highest BCUT2D eigenvalue weighted by Crippen LogP contribution is 2.29. The maximum absolute atomic E-state index is 5.91. The van der Waals surface area contributed by atoms with Gasteiger partial charge in [-0.3, -0.25) is 0 Å². The van der Waals surface area contributed by atoms with Crippen LogP contribution in [0.3, 0.4) is 0 Å². The van der Waals surface area contributed by atoms with Crippen LogP contribution in [-0.4, -0.2) is 16.1 Å². The number of aromatic nitrogens is 2. The SMILES string of the molecule is CCC1CCCCC1Oc1cc(N)ncn1. The van der Waals surface area contributed by atoms with Crippen LogP contribution in [-0.2, 0) is 0 Å². The molecule has 2 atom stereocenters. The fraction of sp³-hybridized carbons (Fsp3) is 0.667. The van der Waals surface area contributed by atoms with Gasteiger partial charge in [0.15, 0.2) is 0 Å². The highest BCUT2D eigenvalue weighted by Gasteiger charge is 2.25. The zero-order chi connectivity index (χ0) is 11.4. The van der Waals surface area contributed by atoms with Gasteiger partial charge in [0.05, 0.1) is 0 Å². The molecule has 0 aromatic carbocycles. The number of rotatable bonds is 3. The average molecular weight is 221 g/mol. The molecule has 16 heavy (non-hydrogen) atoms. The Morgan fingerprint density at radius 1 is 1.38 bits per heavy atom. The number of ether oxygens (including phenoxy) is 1. The molecule has 1 fully saturated rings. The first kappa shape index (κ1) is 11.2. The van der Waals surface area contributed by atoms with E-state index >= 15 is 0 Å². The van der Waals surface area contributed by atoms with Crippen molar-refractivity contribution >= 4 is 5.82 Å². The number of nitrogen functional groups attached to an aromatic ring is 1. The predicted octanol–water partition coefficient (Wildman–Crippen LogP) is 2.41. The first-order valence-electron chi connectivity index (χ1n) is 6.03. The molecule has 1 saturated carbocycles. The summed E-state index contributed by atoms with van der Waals surface area (Å²) >= 11 is 0. The van der Waals surface area contributed by atoms with Crippen LogP contribution in [0.4, 0.5) is 5.82 Å². The Hall–Kier alpha value is -1.32. The minimum Gasteiger partial charge on any atom is -0.474 e. The topological polar surface area (TPSA) is 61.0 Å². The molecule has 0 saturated heterocycles. The normalized spacial score (nSPS) is 25.3. The summed E-state index contributed by atoms with van der Waals surface area (Å²) in [7, 11) is 0. The van der Waals surface area contributed by atoms with Crippen molar-refractivity contribution in [2.24, 2.45) is 5.92 Å². The molecular formula is C12H19N3O. The Morgan fingerprint density at radius 3 is 2.94 bits per heavy atom. The monoisotopic (exact) mass is 221 g/mol. The molecule has 4 nitrogen and oxygen atoms in total. The summed E-state index contributed by atoms with van der Waals surface area (Å²) < 4.78 is 5.91. The quantitative estimate of drug-likeness (QED) is 0.851. The van der Waals surface area contributed by atoms with Crippen LogP contribution in [0.2, 0.25) is 0 Å². The Kier molecular flexibility index (Phi) is 3.59. The van der Waals surface area contributed by atoms with Gasteiger partial charge < -0.3 is 10.5 Å². The Morgan fingerprint density at radius 2 is 2.19 bits per heavy atom. The van der Waals surface area contributed by atoms with Crippen LogP contribution < -0.4 is 10.5 Å². The lowest BCUT2D eigenvalue weighted by Gasteiger charge is -2.30. The summed E-state index contributed by atoms with van der Waals surface area (Å²) in [6.45, 7) is 2.22. The van der Waals surface area contributed by atoms with Crippen molar-refractivity contribution in [3.8, 4) is 5.88 Å². The third-order valence-electron chi connectivity index (χ3n) is 3.30. The molecule has 1 aromatic rings. The molecule has 1 aromatic heterocycles. The van der Waals surface area contributed by atoms with Gasteiger partial charge in [-0.1, -0.05) is 13.3 Å². The molecule has 0 bridgehead atoms. The maximum atomic E-state index is 5.91. The number of nitrogens with two attached hydrogens (primary N) is 1. The molecule has 1 heterocycles. The standard InChI is InChI=1S/C12H19N3O/c1-2-9-5-3-4-6-10(9)16-12-7-11(13)14-8-15-12/h7-10H,2-6H2,1H3,(H2,13,14,15). The summed E-state index contributed by atoms with van der Waals surface area (Å²) in [6, 6.07) is 1.70. The van der Waals surface area contributed by atoms with Gasteiger partial charge in [-0.2, -0.15) is 0 Å². The maximum Gasteiger partial charge on any atom is 0.218 e. The van der Waals surface area contributed by atoms with E-state index in [1.807, 2.05) is 0 Å². The van der Waals surface area contributed by atoms with E-state index in [4.69, 9.17) is 10.5 Å². The lowest BCUT2D eigenvalue weighted by Crippen LogP contribution is -2.30. The number of anilines is 1. The largest absolute Gasteiger partial charge is 0.474 e. The third kappa shape index (κ3) is 2.62. The van der Waals surface area contributed by atoms with Gasteiger partial charge in [0.25, 0.3) is 0 Å². The molecule has 0 spiro atoms. The van der Waals surface area contributed by atoms with Crippen LogP contribution in [0, 0.1) is 5.92 Å². The minimum atomic E-state index is 0.299. The van der Waals surface area contributed by atoms with Crippen molar-refractivity contribution in [2.75, 3.05) is 5.73 Å². The molecule has 0 aliphatic heterocycles. The second kappa shape index (κ2) is 5.14. The fourth-order valence-electron chi connectivity index (χ4n) is 2.37. The summed E-state index contributed by atoms with van der Waals surface area (Å²) in [6.07, 6.45) is 7.89. The van der Waals surface area contributed by atoms with Gasteiger partial charge in [-0.15, -0.1) is 0 Å². The van der Waals surface area contributed by atoms with Gasteiger partial charge in [-0.25, -0.2) is 9.97 Å². The van der Waals surface area contributed by atoms with E-state index in [1.54, 1.807) is 6.07 Å². The van der Waals surface area contributed by atoms with Crippen LogP contribution in [0.5, 0.6) is 5.88 Å². The number of nitrogens with zero attached hydrogens (tertiary/aromatic N) is 2. The van der Waals surface area contributed by atoms with Crippen molar-refractivity contribution in [2.45, 2.75) is 45.1 Å². The lowest BCUT2D eigenvalue weighted by atomic mass is 9.85. The molecule has 0 amide bonds. The van der Waals surface area contributed by atoms with Crippen molar-refractivity contribution in [1.29, 1.82) is 0 Å². The first-order valence-corrected chi connectivity index (χ1v) is 6.03. The molecular weight excluding hydrogens is 202 g/mol. The first-order chi connectivity index (χ1) is 7.79. The highest BCUT2D eigenvalue weighted by molar-refractivity contribution is 5.30. The van der Waals surface area contributed by atoms with E-state index in [2.05, 4.69) is 16.9 Å². The zero-order valence-corrected chi connectivity index (χ0v) is 9.72. The molecule has 2 rings (SSSR count). The van der Waals surface area contributed by atoms with Crippen LogP contribution in [0.1, 0.15) is 39.0 Å². The Bertz CT molecular complexity index is 343. The van der Waals surface area contributed by atoms with Gasteiger partial charge in [0.1, 0.15) is 18.2 Å². The van der Waals surface area contributed by atoms with Gasteiger partial charge in [0.2, 0.25) is 5.88 Å². The van der Waals surface area contributed by atoms with E-state index in [-0.39, 0.29) is 0 Å². The smallest absolute Gasteiger partial charge is 0.218 e. The van der Waals surface area contributed by atoms with Crippen molar-refractivity contribution < 1.29 is 4.74 Å². The molecule has 0 radical (unpaired) electrons. The van der Waals surface area contributed by atoms with Gasteiger partial charge in [-0.05, 0) is 31.6 Å². The number of hydrogen-bond donors (Lipinski definition) is 1. The highest BCUT2D eigenvalue weighted by atomic mass is 16.5. The van der Waals surface area contributed by atoms with Crippen LogP contribution in [0.25, 0.3) is 0 Å². The summed E-state index contributed by atoms with van der Waals surface area (Å²) in [5.74, 6) is 1.73. The van der Waals surface area contributed by atoms with Crippen molar-refractivity contribution in [3.05, 3.63) is 12.4 Å². The van der Waals surface area contributed by atoms with Crippen molar-refractivity contribution in [1.82, 2.24) is 9.97 Å². The van der Waals surface area contributed by atoms with E-state index in [0.29, 0.717) is 23.7 Å². The summed E-state index contributed by atoms with van der Waals surface area (Å²) in [5.41, 5.74) is 5.60. The lowest BCUT2D eigenvalue weighted by molar-refractivity contribution is 0.0858. The van der Waals surface area contributed by atoms with E-state index in [1.165, 1.54) is 32.0 Å². The number of hydrogen-bond acceptors (Lipinski definition) is 4. The molecule has 2 unspecified atom stereocenters. The van der Waals surface area contributed by atoms with Crippen LogP contribution in [0.15, 0.2) is 12.4 Å². The predicted molar refractivity (Wildman–Crippen MR) is 63.1 cm³/mol. The molecule has 1 aliphatic carbocycles. The minimum absolute atomic E-state index is 0.299. The molecule has 88 valence electrons.